The Kier molecular flexibility index (Phi) is 5.93. The number of thioether (sulfide) groups is 1. The number of aliphatic imine (C=N–C) groups is 1. The van der Waals surface area contributed by atoms with E-state index in [2.05, 4.69) is 17.2 Å². The Bertz CT molecular complexity index is 937. The van der Waals surface area contributed by atoms with Gasteiger partial charge in [-0.3, -0.25) is 4.79 Å². The van der Waals surface area contributed by atoms with Crippen molar-refractivity contribution in [3.63, 3.8) is 0 Å². The van der Waals surface area contributed by atoms with Crippen LogP contribution in [-0.4, -0.2) is 28.8 Å². The zero-order valence-corrected chi connectivity index (χ0v) is 15.5. The molecule has 0 aromatic heterocycles. The monoisotopic (exact) mass is 382 g/mol. The molecule has 0 unspecified atom stereocenters. The van der Waals surface area contributed by atoms with E-state index < -0.39 is 12.6 Å². The number of aliphatic carboxylic acids is 1. The van der Waals surface area contributed by atoms with Gasteiger partial charge >= 0.3 is 5.97 Å². The highest BCUT2D eigenvalue weighted by atomic mass is 32.2. The summed E-state index contributed by atoms with van der Waals surface area (Å²) in [7, 11) is 0. The molecule has 1 aliphatic heterocycles. The maximum absolute atomic E-state index is 12.2. The van der Waals surface area contributed by atoms with Gasteiger partial charge in [0.15, 0.2) is 11.8 Å². The number of ether oxygens (including phenoxy) is 1. The van der Waals surface area contributed by atoms with Gasteiger partial charge in [-0.05, 0) is 53.6 Å². The number of carbonyl (C=O) groups is 2. The molecule has 138 valence electrons. The first-order chi connectivity index (χ1) is 13.0. The third-order valence-electron chi connectivity index (χ3n) is 3.76. The number of benzene rings is 2. The van der Waals surface area contributed by atoms with Gasteiger partial charge in [-0.15, -0.1) is 0 Å². The van der Waals surface area contributed by atoms with Crippen LogP contribution in [0.4, 0.5) is 5.69 Å². The van der Waals surface area contributed by atoms with Gasteiger partial charge in [0.25, 0.3) is 5.91 Å². The van der Waals surface area contributed by atoms with Crippen molar-refractivity contribution in [2.45, 2.75) is 13.3 Å². The van der Waals surface area contributed by atoms with Crippen LogP contribution in [0, 0.1) is 0 Å². The number of carboxylic acid groups (broad SMARTS) is 1. The number of para-hydroxylation sites is 1. The van der Waals surface area contributed by atoms with Gasteiger partial charge in [0.05, 0.1) is 10.6 Å². The number of aryl methyl sites for hydroxylation is 1. The Labute approximate surface area is 161 Å². The highest BCUT2D eigenvalue weighted by Crippen LogP contribution is 2.29. The minimum Gasteiger partial charge on any atom is -0.482 e. The van der Waals surface area contributed by atoms with Crippen LogP contribution in [0.1, 0.15) is 18.1 Å². The van der Waals surface area contributed by atoms with Crippen LogP contribution in [0.25, 0.3) is 6.08 Å². The van der Waals surface area contributed by atoms with Crippen LogP contribution in [0.15, 0.2) is 58.4 Å². The summed E-state index contributed by atoms with van der Waals surface area (Å²) in [5.74, 6) is -0.830. The molecule has 0 radical (unpaired) electrons. The van der Waals surface area contributed by atoms with Crippen molar-refractivity contribution in [2.24, 2.45) is 4.99 Å². The molecule has 0 aliphatic carbocycles. The van der Waals surface area contributed by atoms with Gasteiger partial charge < -0.3 is 15.2 Å². The molecule has 0 spiro atoms. The second kappa shape index (κ2) is 8.55. The Morgan fingerprint density at radius 2 is 2.07 bits per heavy atom. The number of nitrogens with one attached hydrogen (secondary N) is 1. The average molecular weight is 382 g/mol. The van der Waals surface area contributed by atoms with E-state index in [9.17, 15) is 9.59 Å². The normalized spacial score (nSPS) is 16.6. The Morgan fingerprint density at radius 3 is 2.85 bits per heavy atom. The van der Waals surface area contributed by atoms with Gasteiger partial charge in [0.2, 0.25) is 0 Å². The summed E-state index contributed by atoms with van der Waals surface area (Å²) in [6.07, 6.45) is 2.58. The molecule has 1 saturated heterocycles. The highest BCUT2D eigenvalue weighted by molar-refractivity contribution is 8.18. The summed E-state index contributed by atoms with van der Waals surface area (Å²) in [4.78, 5) is 27.9. The minimum atomic E-state index is -1.04. The molecular weight excluding hydrogens is 364 g/mol. The van der Waals surface area contributed by atoms with Gasteiger partial charge in [-0.1, -0.05) is 37.3 Å². The lowest BCUT2D eigenvalue weighted by Gasteiger charge is -2.04. The maximum Gasteiger partial charge on any atom is 0.341 e. The largest absolute Gasteiger partial charge is 0.482 e. The third kappa shape index (κ3) is 4.98. The van der Waals surface area contributed by atoms with E-state index in [4.69, 9.17) is 9.84 Å². The van der Waals surface area contributed by atoms with Crippen LogP contribution in [0.2, 0.25) is 0 Å². The molecule has 7 heteroatoms. The quantitative estimate of drug-likeness (QED) is 0.745. The van der Waals surface area contributed by atoms with Crippen molar-refractivity contribution in [3.8, 4) is 5.75 Å². The van der Waals surface area contributed by atoms with Gasteiger partial charge in [-0.2, -0.15) is 0 Å². The topological polar surface area (TPSA) is 88.0 Å². The Balaban J connectivity index is 1.78. The van der Waals surface area contributed by atoms with Crippen LogP contribution in [0.3, 0.4) is 0 Å². The number of rotatable bonds is 6. The number of carboxylic acids is 1. The second-order valence-electron chi connectivity index (χ2n) is 5.72. The molecule has 27 heavy (non-hydrogen) atoms. The summed E-state index contributed by atoms with van der Waals surface area (Å²) in [6, 6.07) is 14.7. The van der Waals surface area contributed by atoms with Crippen LogP contribution < -0.4 is 10.1 Å². The number of hydrogen-bond donors (Lipinski definition) is 2. The van der Waals surface area contributed by atoms with E-state index in [1.807, 2.05) is 30.3 Å². The first-order valence-corrected chi connectivity index (χ1v) is 9.19. The smallest absolute Gasteiger partial charge is 0.341 e. The third-order valence-corrected chi connectivity index (χ3v) is 4.67. The van der Waals surface area contributed by atoms with E-state index in [1.54, 1.807) is 24.3 Å². The number of nitrogens with zero attached hydrogens (tertiary/aromatic N) is 1. The molecule has 6 nitrogen and oxygen atoms in total. The fraction of sp³-hybridized carbons (Fsp3) is 0.150. The lowest BCUT2D eigenvalue weighted by atomic mass is 10.1. The van der Waals surface area contributed by atoms with E-state index in [-0.39, 0.29) is 5.91 Å². The molecule has 1 aliphatic rings. The molecule has 2 N–H and O–H groups in total. The Morgan fingerprint density at radius 1 is 1.26 bits per heavy atom. The molecule has 0 bridgehead atoms. The molecule has 3 rings (SSSR count). The average Bonchev–Trinajstić information content (AvgIpc) is 2.99. The van der Waals surface area contributed by atoms with Crippen LogP contribution in [-0.2, 0) is 16.0 Å². The molecule has 0 saturated carbocycles. The van der Waals surface area contributed by atoms with Crippen molar-refractivity contribution >= 4 is 40.6 Å². The predicted octanol–water partition coefficient (Wildman–Crippen LogP) is 3.60. The molecule has 1 heterocycles. The summed E-state index contributed by atoms with van der Waals surface area (Å²) in [6.45, 7) is 1.65. The zero-order chi connectivity index (χ0) is 19.2. The Hall–Kier alpha value is -3.06. The molecule has 1 amide bonds. The summed E-state index contributed by atoms with van der Waals surface area (Å²) in [5.41, 5.74) is 2.69. The second-order valence-corrected chi connectivity index (χ2v) is 6.75. The van der Waals surface area contributed by atoms with E-state index in [0.717, 1.165) is 23.2 Å². The van der Waals surface area contributed by atoms with E-state index >= 15 is 0 Å². The SMILES string of the molecule is CCc1ccccc1N=C1NC(=O)/C(=C\c2cccc(OCC(=O)O)c2)S1. The first-order valence-electron chi connectivity index (χ1n) is 8.37. The van der Waals surface area contributed by atoms with Crippen LogP contribution >= 0.6 is 11.8 Å². The fourth-order valence-electron chi connectivity index (χ4n) is 2.50. The zero-order valence-electron chi connectivity index (χ0n) is 14.6. The first kappa shape index (κ1) is 18.7. The number of amidine groups is 1. The summed E-state index contributed by atoms with van der Waals surface area (Å²) >= 11 is 1.27. The lowest BCUT2D eigenvalue weighted by molar-refractivity contribution is -0.139. The van der Waals surface area contributed by atoms with Crippen molar-refractivity contribution in [2.75, 3.05) is 6.61 Å². The van der Waals surface area contributed by atoms with E-state index in [1.165, 1.54) is 11.8 Å². The standard InChI is InChI=1S/C20H18N2O4S/c1-2-14-7-3-4-9-16(14)21-20-22-19(25)17(27-20)11-13-6-5-8-15(10-13)26-12-18(23)24/h3-11H,2,12H2,1H3,(H,23,24)(H,21,22,25)/b17-11+. The maximum atomic E-state index is 12.2. The molecule has 0 atom stereocenters. The number of hydrogen-bond acceptors (Lipinski definition) is 5. The van der Waals surface area contributed by atoms with Crippen molar-refractivity contribution in [1.82, 2.24) is 5.32 Å². The van der Waals surface area contributed by atoms with E-state index in [0.29, 0.717) is 15.8 Å². The van der Waals surface area contributed by atoms with Crippen LogP contribution in [0.5, 0.6) is 5.75 Å². The predicted molar refractivity (Wildman–Crippen MR) is 106 cm³/mol. The van der Waals surface area contributed by atoms with Crippen molar-refractivity contribution < 1.29 is 19.4 Å². The molecule has 1 fully saturated rings. The number of amides is 1. The fourth-order valence-corrected chi connectivity index (χ4v) is 3.33. The number of carbonyl (C=O) groups excluding carboxylic acids is 1. The van der Waals surface area contributed by atoms with Crippen molar-refractivity contribution in [1.29, 1.82) is 0 Å². The van der Waals surface area contributed by atoms with Gasteiger partial charge in [-0.25, -0.2) is 9.79 Å². The highest BCUT2D eigenvalue weighted by Gasteiger charge is 2.24. The lowest BCUT2D eigenvalue weighted by Crippen LogP contribution is -2.19. The van der Waals surface area contributed by atoms with Crippen molar-refractivity contribution in [3.05, 3.63) is 64.6 Å². The van der Waals surface area contributed by atoms with Gasteiger partial charge in [0, 0.05) is 0 Å². The molecular formula is C20H18N2O4S. The minimum absolute atomic E-state index is 0.218. The van der Waals surface area contributed by atoms with Gasteiger partial charge in [0.1, 0.15) is 5.75 Å². The summed E-state index contributed by atoms with van der Waals surface area (Å²) < 4.78 is 5.17. The summed E-state index contributed by atoms with van der Waals surface area (Å²) in [5, 5.41) is 12.0. The molecule has 2 aromatic rings. The molecule has 2 aromatic carbocycles.